The number of hydrogen-bond acceptors (Lipinski definition) is 5. The molecular formula is C28H25NO4S. The largest absolute Gasteiger partial charge is 0.481 e. The topological polar surface area (TPSA) is 64.6 Å². The molecule has 0 spiro atoms. The van der Waals surface area contributed by atoms with Gasteiger partial charge in [-0.2, -0.15) is 0 Å². The number of carbonyl (C=O) groups is 2. The highest BCUT2D eigenvalue weighted by Gasteiger charge is 2.25. The van der Waals surface area contributed by atoms with Crippen LogP contribution in [0.25, 0.3) is 22.3 Å². The fourth-order valence-corrected chi connectivity index (χ4v) is 4.47. The normalized spacial score (nSPS) is 11.5. The molecule has 0 bridgehead atoms. The van der Waals surface area contributed by atoms with E-state index < -0.39 is 12.1 Å². The number of rotatable bonds is 8. The second kappa shape index (κ2) is 10.8. The van der Waals surface area contributed by atoms with Crippen LogP contribution in [0, 0.1) is 0 Å². The number of ether oxygens (including phenoxy) is 2. The second-order valence-corrected chi connectivity index (χ2v) is 8.46. The number of amides is 1. The Kier molecular flexibility index (Phi) is 7.40. The molecule has 0 aliphatic rings. The van der Waals surface area contributed by atoms with Crippen LogP contribution in [0.4, 0.5) is 5.00 Å². The Labute approximate surface area is 203 Å². The van der Waals surface area contributed by atoms with E-state index in [0.717, 1.165) is 22.3 Å². The predicted octanol–water partition coefficient (Wildman–Crippen LogP) is 6.66. The van der Waals surface area contributed by atoms with Crippen LogP contribution in [-0.2, 0) is 9.53 Å². The SMILES string of the molecule is CCOC(=O)c1c(-c2ccc(-c3ccccc3)cc2)csc1NC(=O)C(C)Oc1ccccc1. The molecule has 6 heteroatoms. The molecule has 0 fully saturated rings. The van der Waals surface area contributed by atoms with Crippen LogP contribution in [-0.4, -0.2) is 24.6 Å². The maximum atomic E-state index is 12.9. The van der Waals surface area contributed by atoms with Crippen LogP contribution in [0.3, 0.4) is 0 Å². The molecule has 1 atom stereocenters. The van der Waals surface area contributed by atoms with Crippen molar-refractivity contribution in [3.05, 3.63) is 95.9 Å². The molecule has 0 saturated heterocycles. The number of esters is 1. The highest BCUT2D eigenvalue weighted by molar-refractivity contribution is 7.15. The molecule has 4 rings (SSSR count). The maximum Gasteiger partial charge on any atom is 0.341 e. The smallest absolute Gasteiger partial charge is 0.341 e. The summed E-state index contributed by atoms with van der Waals surface area (Å²) < 4.78 is 11.0. The highest BCUT2D eigenvalue weighted by Crippen LogP contribution is 2.37. The molecule has 0 aliphatic heterocycles. The molecule has 0 radical (unpaired) electrons. The van der Waals surface area contributed by atoms with Gasteiger partial charge in [0.2, 0.25) is 0 Å². The third-order valence-corrected chi connectivity index (χ3v) is 6.13. The fraction of sp³-hybridized carbons (Fsp3) is 0.143. The number of thiophene rings is 1. The predicted molar refractivity (Wildman–Crippen MR) is 136 cm³/mol. The summed E-state index contributed by atoms with van der Waals surface area (Å²) in [5.41, 5.74) is 4.13. The number of anilines is 1. The second-order valence-electron chi connectivity index (χ2n) is 7.58. The summed E-state index contributed by atoms with van der Waals surface area (Å²) in [6.07, 6.45) is -0.742. The Morgan fingerprint density at radius 1 is 0.853 bits per heavy atom. The van der Waals surface area contributed by atoms with E-state index in [1.165, 1.54) is 11.3 Å². The van der Waals surface area contributed by atoms with Gasteiger partial charge < -0.3 is 14.8 Å². The van der Waals surface area contributed by atoms with Crippen LogP contribution < -0.4 is 10.1 Å². The average molecular weight is 472 g/mol. The van der Waals surface area contributed by atoms with Gasteiger partial charge in [0.05, 0.1) is 6.61 Å². The van der Waals surface area contributed by atoms with Gasteiger partial charge in [-0.3, -0.25) is 4.79 Å². The van der Waals surface area contributed by atoms with Gasteiger partial charge >= 0.3 is 5.97 Å². The fourth-order valence-electron chi connectivity index (χ4n) is 3.51. The van der Waals surface area contributed by atoms with Gasteiger partial charge in [0.25, 0.3) is 5.91 Å². The molecular weight excluding hydrogens is 446 g/mol. The quantitative estimate of drug-likeness (QED) is 0.292. The zero-order chi connectivity index (χ0) is 23.9. The first-order valence-corrected chi connectivity index (χ1v) is 11.9. The zero-order valence-electron chi connectivity index (χ0n) is 19.0. The van der Waals surface area contributed by atoms with Crippen LogP contribution in [0.2, 0.25) is 0 Å². The number of hydrogen-bond donors (Lipinski definition) is 1. The lowest BCUT2D eigenvalue weighted by Gasteiger charge is -2.15. The first-order chi connectivity index (χ1) is 16.6. The monoisotopic (exact) mass is 471 g/mol. The molecule has 0 saturated carbocycles. The molecule has 0 aliphatic carbocycles. The van der Waals surface area contributed by atoms with Crippen molar-refractivity contribution in [3.63, 3.8) is 0 Å². The van der Waals surface area contributed by atoms with Crippen molar-refractivity contribution in [2.24, 2.45) is 0 Å². The molecule has 1 unspecified atom stereocenters. The van der Waals surface area contributed by atoms with Gasteiger partial charge in [-0.25, -0.2) is 4.79 Å². The van der Waals surface area contributed by atoms with Crippen LogP contribution in [0.15, 0.2) is 90.3 Å². The van der Waals surface area contributed by atoms with E-state index in [-0.39, 0.29) is 12.5 Å². The van der Waals surface area contributed by atoms with E-state index in [9.17, 15) is 9.59 Å². The minimum Gasteiger partial charge on any atom is -0.481 e. The summed E-state index contributed by atoms with van der Waals surface area (Å²) in [5.74, 6) is -0.221. The summed E-state index contributed by atoms with van der Waals surface area (Å²) in [6, 6.07) is 27.2. The number of para-hydroxylation sites is 1. The van der Waals surface area contributed by atoms with Crippen molar-refractivity contribution in [1.29, 1.82) is 0 Å². The molecule has 1 heterocycles. The first-order valence-electron chi connectivity index (χ1n) is 11.0. The molecule has 4 aromatic rings. The molecule has 34 heavy (non-hydrogen) atoms. The highest BCUT2D eigenvalue weighted by atomic mass is 32.1. The van der Waals surface area contributed by atoms with Crippen molar-refractivity contribution in [3.8, 4) is 28.0 Å². The third kappa shape index (κ3) is 5.35. The summed E-state index contributed by atoms with van der Waals surface area (Å²) in [6.45, 7) is 3.66. The molecule has 172 valence electrons. The maximum absolute atomic E-state index is 12.9. The van der Waals surface area contributed by atoms with E-state index in [0.29, 0.717) is 16.3 Å². The van der Waals surface area contributed by atoms with Gasteiger partial charge in [-0.15, -0.1) is 11.3 Å². The van der Waals surface area contributed by atoms with Gasteiger partial charge in [-0.05, 0) is 42.7 Å². The summed E-state index contributed by atoms with van der Waals surface area (Å²) in [4.78, 5) is 25.7. The lowest BCUT2D eigenvalue weighted by Crippen LogP contribution is -2.30. The van der Waals surface area contributed by atoms with E-state index in [4.69, 9.17) is 9.47 Å². The molecule has 1 amide bonds. The van der Waals surface area contributed by atoms with Crippen LogP contribution in [0.1, 0.15) is 24.2 Å². The van der Waals surface area contributed by atoms with E-state index in [2.05, 4.69) is 17.4 Å². The standard InChI is InChI=1S/C28H25NO4S/c1-3-32-28(31)25-24(22-16-14-21(15-17-22)20-10-6-4-7-11-20)18-34-27(25)29-26(30)19(2)33-23-12-8-5-9-13-23/h4-19H,3H2,1-2H3,(H,29,30). The zero-order valence-corrected chi connectivity index (χ0v) is 19.8. The van der Waals surface area contributed by atoms with Gasteiger partial charge in [-0.1, -0.05) is 72.8 Å². The molecule has 1 N–H and O–H groups in total. The Morgan fingerprint density at radius 2 is 1.44 bits per heavy atom. The Morgan fingerprint density at radius 3 is 2.09 bits per heavy atom. The molecule has 5 nitrogen and oxygen atoms in total. The van der Waals surface area contributed by atoms with Gasteiger partial charge in [0.1, 0.15) is 16.3 Å². The minimum absolute atomic E-state index is 0.238. The molecule has 1 aromatic heterocycles. The summed E-state index contributed by atoms with van der Waals surface area (Å²) in [7, 11) is 0. The van der Waals surface area contributed by atoms with E-state index >= 15 is 0 Å². The Hall–Kier alpha value is -3.90. The molecule has 3 aromatic carbocycles. The van der Waals surface area contributed by atoms with Crippen LogP contribution >= 0.6 is 11.3 Å². The number of nitrogens with one attached hydrogen (secondary N) is 1. The lowest BCUT2D eigenvalue weighted by molar-refractivity contribution is -0.122. The Balaban J connectivity index is 1.59. The van der Waals surface area contributed by atoms with Crippen molar-refractivity contribution < 1.29 is 19.1 Å². The average Bonchev–Trinajstić information content (AvgIpc) is 3.29. The van der Waals surface area contributed by atoms with Crippen molar-refractivity contribution in [1.82, 2.24) is 0 Å². The lowest BCUT2D eigenvalue weighted by atomic mass is 9.99. The minimum atomic E-state index is -0.742. The van der Waals surface area contributed by atoms with E-state index in [1.807, 2.05) is 66.0 Å². The summed E-state index contributed by atoms with van der Waals surface area (Å²) in [5, 5.41) is 5.15. The van der Waals surface area contributed by atoms with Crippen LogP contribution in [0.5, 0.6) is 5.75 Å². The first kappa shape index (κ1) is 23.3. The van der Waals surface area contributed by atoms with Crippen molar-refractivity contribution >= 4 is 28.2 Å². The van der Waals surface area contributed by atoms with E-state index in [1.54, 1.807) is 26.0 Å². The third-order valence-electron chi connectivity index (χ3n) is 5.24. The Bertz CT molecular complexity index is 1250. The van der Waals surface area contributed by atoms with Crippen molar-refractivity contribution in [2.45, 2.75) is 20.0 Å². The van der Waals surface area contributed by atoms with Gasteiger partial charge in [0.15, 0.2) is 6.10 Å². The van der Waals surface area contributed by atoms with Crippen molar-refractivity contribution in [2.75, 3.05) is 11.9 Å². The number of benzene rings is 3. The number of carbonyl (C=O) groups excluding carboxylic acids is 2. The summed E-state index contributed by atoms with van der Waals surface area (Å²) >= 11 is 1.29. The van der Waals surface area contributed by atoms with Gasteiger partial charge in [0, 0.05) is 10.9 Å².